The van der Waals surface area contributed by atoms with Crippen LogP contribution in [0.25, 0.3) is 0 Å². The molecule has 0 saturated carbocycles. The summed E-state index contributed by atoms with van der Waals surface area (Å²) < 4.78 is 4.17. The molecular weight excluding hydrogens is 230 g/mol. The maximum Gasteiger partial charge on any atom is 0.127 e. The van der Waals surface area contributed by atoms with Crippen LogP contribution in [0, 0.1) is 25.2 Å². The van der Waals surface area contributed by atoms with E-state index >= 15 is 0 Å². The number of hydrogen-bond donors (Lipinski definition) is 1. The summed E-state index contributed by atoms with van der Waals surface area (Å²) in [6.45, 7) is 4.64. The molecule has 0 radical (unpaired) electrons. The lowest BCUT2D eigenvalue weighted by atomic mass is 10.1. The van der Waals surface area contributed by atoms with Crippen molar-refractivity contribution in [2.24, 2.45) is 0 Å². The molecule has 0 amide bonds. The second-order valence-corrected chi connectivity index (χ2v) is 4.70. The molecule has 4 heteroatoms. The van der Waals surface area contributed by atoms with Crippen LogP contribution in [-0.2, 0) is 6.54 Å². The molecule has 0 bridgehead atoms. The van der Waals surface area contributed by atoms with E-state index in [0.29, 0.717) is 5.56 Å². The summed E-state index contributed by atoms with van der Waals surface area (Å²) in [5.74, 6) is 0. The minimum absolute atomic E-state index is 0.655. The number of rotatable bonds is 3. The molecule has 3 nitrogen and oxygen atoms in total. The second kappa shape index (κ2) is 4.98. The van der Waals surface area contributed by atoms with Gasteiger partial charge in [0.1, 0.15) is 16.6 Å². The van der Waals surface area contributed by atoms with Gasteiger partial charge < -0.3 is 5.32 Å². The molecule has 0 atom stereocenters. The highest BCUT2D eigenvalue weighted by Gasteiger charge is 2.09. The van der Waals surface area contributed by atoms with Gasteiger partial charge >= 0.3 is 0 Å². The lowest BCUT2D eigenvalue weighted by Gasteiger charge is -2.04. The normalized spacial score (nSPS) is 9.94. The third kappa shape index (κ3) is 2.63. The number of aromatic nitrogens is 1. The third-order valence-electron chi connectivity index (χ3n) is 2.51. The molecule has 2 rings (SSSR count). The van der Waals surface area contributed by atoms with Crippen LogP contribution in [0.15, 0.2) is 24.3 Å². The monoisotopic (exact) mass is 243 g/mol. The highest BCUT2D eigenvalue weighted by molar-refractivity contribution is 7.10. The average molecular weight is 243 g/mol. The average Bonchev–Trinajstić information content (AvgIpc) is 2.67. The molecule has 2 aromatic rings. The summed E-state index contributed by atoms with van der Waals surface area (Å²) in [4.78, 5) is 0. The van der Waals surface area contributed by atoms with E-state index in [1.54, 1.807) is 0 Å². The van der Waals surface area contributed by atoms with Crippen molar-refractivity contribution in [1.82, 2.24) is 4.37 Å². The zero-order valence-corrected chi connectivity index (χ0v) is 10.6. The maximum atomic E-state index is 9.01. The number of hydrogen-bond acceptors (Lipinski definition) is 4. The van der Waals surface area contributed by atoms with Gasteiger partial charge in [0.2, 0.25) is 0 Å². The van der Waals surface area contributed by atoms with Gasteiger partial charge in [-0.05, 0) is 30.9 Å². The quantitative estimate of drug-likeness (QED) is 0.900. The zero-order chi connectivity index (χ0) is 12.3. The maximum absolute atomic E-state index is 9.01. The smallest absolute Gasteiger partial charge is 0.127 e. The van der Waals surface area contributed by atoms with Gasteiger partial charge in [-0.3, -0.25) is 0 Å². The summed E-state index contributed by atoms with van der Waals surface area (Å²) in [6.07, 6.45) is 0. The van der Waals surface area contributed by atoms with Crippen molar-refractivity contribution in [1.29, 1.82) is 5.26 Å². The Morgan fingerprint density at radius 3 is 2.94 bits per heavy atom. The van der Waals surface area contributed by atoms with Gasteiger partial charge in [-0.25, -0.2) is 0 Å². The predicted octanol–water partition coefficient (Wildman–Crippen LogP) is 3.24. The van der Waals surface area contributed by atoms with Crippen LogP contribution in [0.2, 0.25) is 0 Å². The molecule has 1 aromatic carbocycles. The van der Waals surface area contributed by atoms with E-state index in [1.807, 2.05) is 13.0 Å². The lowest BCUT2D eigenvalue weighted by molar-refractivity contribution is 1.15. The van der Waals surface area contributed by atoms with Gasteiger partial charge in [0.15, 0.2) is 0 Å². The van der Waals surface area contributed by atoms with E-state index in [0.717, 1.165) is 17.2 Å². The van der Waals surface area contributed by atoms with Crippen molar-refractivity contribution < 1.29 is 0 Å². The molecule has 0 fully saturated rings. The third-order valence-corrected chi connectivity index (χ3v) is 3.41. The van der Waals surface area contributed by atoms with Crippen molar-refractivity contribution in [3.05, 3.63) is 46.6 Å². The largest absolute Gasteiger partial charge is 0.370 e. The van der Waals surface area contributed by atoms with Crippen molar-refractivity contribution in [3.63, 3.8) is 0 Å². The first-order chi connectivity index (χ1) is 8.20. The van der Waals surface area contributed by atoms with E-state index < -0.39 is 0 Å². The van der Waals surface area contributed by atoms with Gasteiger partial charge in [-0.15, -0.1) is 0 Å². The lowest BCUT2D eigenvalue weighted by Crippen LogP contribution is -1.99. The Bertz CT molecular complexity index is 566. The van der Waals surface area contributed by atoms with E-state index in [-0.39, 0.29) is 0 Å². The van der Waals surface area contributed by atoms with Gasteiger partial charge in [0.05, 0.1) is 5.69 Å². The van der Waals surface area contributed by atoms with Crippen LogP contribution in [0.1, 0.15) is 22.4 Å². The van der Waals surface area contributed by atoms with Crippen molar-refractivity contribution in [3.8, 4) is 6.07 Å². The van der Waals surface area contributed by atoms with Gasteiger partial charge in [-0.2, -0.15) is 9.64 Å². The molecule has 86 valence electrons. The fourth-order valence-corrected chi connectivity index (χ4v) is 2.37. The van der Waals surface area contributed by atoms with Crippen LogP contribution in [0.5, 0.6) is 0 Å². The minimum Gasteiger partial charge on any atom is -0.370 e. The zero-order valence-electron chi connectivity index (χ0n) is 9.82. The molecule has 0 aliphatic rings. The molecule has 0 aliphatic heterocycles. The first kappa shape index (κ1) is 11.6. The second-order valence-electron chi connectivity index (χ2n) is 3.93. The Balaban J connectivity index is 2.10. The van der Waals surface area contributed by atoms with Gasteiger partial charge in [0, 0.05) is 6.54 Å². The molecule has 0 saturated heterocycles. The molecule has 0 unspecified atom stereocenters. The molecule has 1 heterocycles. The Morgan fingerprint density at radius 1 is 1.41 bits per heavy atom. The van der Waals surface area contributed by atoms with Gasteiger partial charge in [0.25, 0.3) is 0 Å². The highest BCUT2D eigenvalue weighted by atomic mass is 32.1. The van der Waals surface area contributed by atoms with E-state index in [2.05, 4.69) is 40.9 Å². The summed E-state index contributed by atoms with van der Waals surface area (Å²) in [6, 6.07) is 10.5. The fourth-order valence-electron chi connectivity index (χ4n) is 1.63. The van der Waals surface area contributed by atoms with Crippen molar-refractivity contribution in [2.45, 2.75) is 20.4 Å². The topological polar surface area (TPSA) is 48.7 Å². The first-order valence-corrected chi connectivity index (χ1v) is 6.14. The van der Waals surface area contributed by atoms with Crippen LogP contribution >= 0.6 is 11.5 Å². The number of anilines is 1. The standard InChI is InChI=1S/C13H13N3S/c1-9-4-3-5-11(6-9)8-15-13-12(7-14)10(2)16-17-13/h3-6,15H,8H2,1-2H3. The Labute approximate surface area is 105 Å². The fraction of sp³-hybridized carbons (Fsp3) is 0.231. The molecule has 0 aliphatic carbocycles. The number of nitriles is 1. The molecule has 1 N–H and O–H groups in total. The summed E-state index contributed by atoms with van der Waals surface area (Å²) in [5, 5.41) is 13.1. The Hall–Kier alpha value is -1.86. The minimum atomic E-state index is 0.655. The molecular formula is C13H13N3S. The summed E-state index contributed by atoms with van der Waals surface area (Å²) >= 11 is 1.34. The summed E-state index contributed by atoms with van der Waals surface area (Å²) in [5.41, 5.74) is 3.90. The SMILES string of the molecule is Cc1cccc(CNc2snc(C)c2C#N)c1. The van der Waals surface area contributed by atoms with E-state index in [4.69, 9.17) is 5.26 Å². The Kier molecular flexibility index (Phi) is 3.40. The number of nitrogens with one attached hydrogen (secondary N) is 1. The Morgan fingerprint density at radius 2 is 2.24 bits per heavy atom. The van der Waals surface area contributed by atoms with Crippen LogP contribution < -0.4 is 5.32 Å². The molecule has 17 heavy (non-hydrogen) atoms. The van der Waals surface area contributed by atoms with Crippen molar-refractivity contribution in [2.75, 3.05) is 5.32 Å². The van der Waals surface area contributed by atoms with E-state index in [1.165, 1.54) is 22.7 Å². The molecule has 1 aromatic heterocycles. The predicted molar refractivity (Wildman–Crippen MR) is 70.1 cm³/mol. The first-order valence-electron chi connectivity index (χ1n) is 5.36. The van der Waals surface area contributed by atoms with E-state index in [9.17, 15) is 0 Å². The molecule has 0 spiro atoms. The van der Waals surface area contributed by atoms with Gasteiger partial charge in [-0.1, -0.05) is 29.8 Å². The number of benzene rings is 1. The number of aryl methyl sites for hydroxylation is 2. The van der Waals surface area contributed by atoms with Crippen LogP contribution in [0.3, 0.4) is 0 Å². The van der Waals surface area contributed by atoms with Crippen molar-refractivity contribution >= 4 is 16.5 Å². The van der Waals surface area contributed by atoms with Crippen LogP contribution in [-0.4, -0.2) is 4.37 Å². The number of nitrogens with zero attached hydrogens (tertiary/aromatic N) is 2. The highest BCUT2D eigenvalue weighted by Crippen LogP contribution is 2.23. The summed E-state index contributed by atoms with van der Waals surface area (Å²) in [7, 11) is 0. The van der Waals surface area contributed by atoms with Crippen LogP contribution in [0.4, 0.5) is 5.00 Å².